The second-order valence-electron chi connectivity index (χ2n) is 5.53. The van der Waals surface area contributed by atoms with E-state index in [-0.39, 0.29) is 0 Å². The van der Waals surface area contributed by atoms with Gasteiger partial charge in [-0.3, -0.25) is 0 Å². The summed E-state index contributed by atoms with van der Waals surface area (Å²) in [6.07, 6.45) is 0. The van der Waals surface area contributed by atoms with E-state index in [9.17, 15) is 4.80 Å². The van der Waals surface area contributed by atoms with Crippen LogP contribution in [0, 0.1) is 0 Å². The summed E-state index contributed by atoms with van der Waals surface area (Å²) in [6, 6.07) is 6.12. The molecule has 20 heavy (non-hydrogen) atoms. The molecule has 0 unspecified atom stereocenters. The average molecular weight is 335 g/mol. The van der Waals surface area contributed by atoms with Gasteiger partial charge in [-0.1, -0.05) is 48.1 Å². The summed E-state index contributed by atoms with van der Waals surface area (Å²) < 4.78 is 12.6. The Kier molecular flexibility index (Phi) is 8.77. The van der Waals surface area contributed by atoms with Gasteiger partial charge in [0.2, 0.25) is 0 Å². The Labute approximate surface area is 129 Å². The van der Waals surface area contributed by atoms with Crippen LogP contribution in [-0.4, -0.2) is 30.2 Å². The lowest BCUT2D eigenvalue weighted by atomic mass is 10.9. The maximum Gasteiger partial charge on any atom is 0.505 e. The first-order chi connectivity index (χ1) is 9.34. The van der Waals surface area contributed by atoms with E-state index in [4.69, 9.17) is 8.23 Å². The predicted molar refractivity (Wildman–Crippen MR) is 94.7 cm³/mol. The van der Waals surface area contributed by atoms with E-state index in [2.05, 4.69) is 48.1 Å². The molecular weight excluding hydrogens is 300 g/mol. The lowest BCUT2D eigenvalue weighted by Crippen LogP contribution is -2.57. The summed E-state index contributed by atoms with van der Waals surface area (Å²) in [5.41, 5.74) is 1.58. The minimum absolute atomic E-state index is 1.02. The zero-order valence-electron chi connectivity index (χ0n) is 14.3. The molecule has 0 rings (SSSR count). The Hall–Kier alpha value is 0.271. The van der Waals surface area contributed by atoms with Crippen molar-refractivity contribution in [3.63, 3.8) is 0 Å². The maximum absolute atomic E-state index is 10.9. The first-order valence-corrected chi connectivity index (χ1v) is 15.0. The van der Waals surface area contributed by atoms with Crippen LogP contribution in [0.2, 0.25) is 36.3 Å². The van der Waals surface area contributed by atoms with Gasteiger partial charge in [-0.15, -0.1) is 0 Å². The van der Waals surface area contributed by atoms with Gasteiger partial charge in [-0.2, -0.15) is 0 Å². The normalized spacial score (nSPS) is 13.6. The van der Waals surface area contributed by atoms with E-state index in [1.165, 1.54) is 0 Å². The molecule has 3 nitrogen and oxygen atoms in total. The number of hydrogen-bond donors (Lipinski definition) is 1. The van der Waals surface area contributed by atoms with Crippen molar-refractivity contribution in [3.05, 3.63) is 12.3 Å². The van der Waals surface area contributed by atoms with Crippen molar-refractivity contribution < 1.29 is 13.0 Å². The molecule has 0 aliphatic rings. The highest BCUT2D eigenvalue weighted by molar-refractivity contribution is 6.89. The lowest BCUT2D eigenvalue weighted by Gasteiger charge is -2.40. The minimum atomic E-state index is -3.23. The van der Waals surface area contributed by atoms with Crippen molar-refractivity contribution in [2.24, 2.45) is 0 Å². The molecule has 0 saturated carbocycles. The smallest absolute Gasteiger partial charge is 0.413 e. The fourth-order valence-electron chi connectivity index (χ4n) is 2.66. The van der Waals surface area contributed by atoms with Gasteiger partial charge in [-0.25, -0.2) is 0 Å². The molecule has 0 saturated heterocycles. The summed E-state index contributed by atoms with van der Waals surface area (Å²) in [5.74, 6) is 0. The summed E-state index contributed by atoms with van der Waals surface area (Å²) in [7, 11) is -6.98. The highest BCUT2D eigenvalue weighted by atomic mass is 28.5. The number of hydrogen-bond acceptors (Lipinski definition) is 3. The molecule has 0 spiro atoms. The van der Waals surface area contributed by atoms with E-state index in [0.717, 1.165) is 36.3 Å². The lowest BCUT2D eigenvalue weighted by molar-refractivity contribution is 0.254. The van der Waals surface area contributed by atoms with E-state index in [1.54, 1.807) is 5.70 Å². The Balaban J connectivity index is 5.24. The molecule has 0 atom stereocenters. The van der Waals surface area contributed by atoms with Gasteiger partial charge in [0.1, 0.15) is 0 Å². The van der Waals surface area contributed by atoms with Crippen molar-refractivity contribution >= 4 is 25.4 Å². The van der Waals surface area contributed by atoms with Crippen LogP contribution in [0.4, 0.5) is 0 Å². The van der Waals surface area contributed by atoms with Crippen molar-refractivity contribution in [1.82, 2.24) is 0 Å². The molecule has 0 fully saturated rings. The monoisotopic (exact) mass is 334 g/mol. The van der Waals surface area contributed by atoms with Gasteiger partial charge < -0.3 is 13.0 Å². The molecule has 0 bridgehead atoms. The van der Waals surface area contributed by atoms with Gasteiger partial charge in [0, 0.05) is 0 Å². The molecule has 6 heteroatoms. The SMILES string of the molecule is C=C[Si](O)(O[Si](CC)(CC)CC)O[Si](CC)(CC)CC. The van der Waals surface area contributed by atoms with Crippen LogP contribution in [0.5, 0.6) is 0 Å². The zero-order valence-corrected chi connectivity index (χ0v) is 17.3. The minimum Gasteiger partial charge on any atom is -0.413 e. The van der Waals surface area contributed by atoms with Crippen molar-refractivity contribution in [2.45, 2.75) is 77.8 Å². The molecule has 1 N–H and O–H groups in total. The largest absolute Gasteiger partial charge is 0.505 e. The summed E-state index contributed by atoms with van der Waals surface area (Å²) in [5, 5.41) is 0. The summed E-state index contributed by atoms with van der Waals surface area (Å²) in [4.78, 5) is 10.9. The van der Waals surface area contributed by atoms with Crippen LogP contribution in [0.1, 0.15) is 41.5 Å². The molecule has 0 aliphatic carbocycles. The van der Waals surface area contributed by atoms with E-state index in [0.29, 0.717) is 0 Å². The van der Waals surface area contributed by atoms with E-state index < -0.39 is 25.4 Å². The van der Waals surface area contributed by atoms with Gasteiger partial charge in [0.05, 0.1) is 0 Å². The van der Waals surface area contributed by atoms with Crippen LogP contribution in [0.25, 0.3) is 0 Å². The van der Waals surface area contributed by atoms with Gasteiger partial charge in [-0.05, 0) is 42.0 Å². The third-order valence-electron chi connectivity index (χ3n) is 4.85. The third-order valence-corrected chi connectivity index (χ3v) is 18.9. The highest BCUT2D eigenvalue weighted by Crippen LogP contribution is 2.31. The van der Waals surface area contributed by atoms with Crippen molar-refractivity contribution in [2.75, 3.05) is 0 Å². The zero-order chi connectivity index (χ0) is 15.9. The third kappa shape index (κ3) is 4.92. The molecule has 120 valence electrons. The molecule has 0 heterocycles. The molecule has 0 aromatic carbocycles. The van der Waals surface area contributed by atoms with Gasteiger partial charge >= 0.3 is 8.80 Å². The Morgan fingerprint density at radius 3 is 1.15 bits per heavy atom. The molecular formula is C14H34O3Si3. The molecule has 0 aliphatic heterocycles. The van der Waals surface area contributed by atoms with Gasteiger partial charge in [0.15, 0.2) is 16.6 Å². The maximum atomic E-state index is 10.9. The van der Waals surface area contributed by atoms with E-state index >= 15 is 0 Å². The molecule has 0 aromatic rings. The Morgan fingerprint density at radius 2 is 1.00 bits per heavy atom. The van der Waals surface area contributed by atoms with Crippen LogP contribution in [0.15, 0.2) is 12.3 Å². The number of rotatable bonds is 11. The second kappa shape index (κ2) is 8.65. The van der Waals surface area contributed by atoms with Crippen molar-refractivity contribution in [3.8, 4) is 0 Å². The topological polar surface area (TPSA) is 38.7 Å². The Bertz CT molecular complexity index is 251. The standard InChI is InChI=1S/C14H34O3Si3/c1-8-18(9-2,10-3)16-20(15,14-7)17-19(11-4,12-5)13-6/h14-15H,7-13H2,1-6H3. The summed E-state index contributed by atoms with van der Waals surface area (Å²) >= 11 is 0. The fraction of sp³-hybridized carbons (Fsp3) is 0.857. The fourth-order valence-corrected chi connectivity index (χ4v) is 15.3. The quantitative estimate of drug-likeness (QED) is 0.557. The first-order valence-electron chi connectivity index (χ1n) is 8.10. The highest BCUT2D eigenvalue weighted by Gasteiger charge is 2.47. The molecule has 0 aromatic heterocycles. The van der Waals surface area contributed by atoms with Crippen molar-refractivity contribution in [1.29, 1.82) is 0 Å². The van der Waals surface area contributed by atoms with Crippen LogP contribution >= 0.6 is 0 Å². The second-order valence-corrected chi connectivity index (χ2v) is 17.8. The van der Waals surface area contributed by atoms with E-state index in [1.807, 2.05) is 0 Å². The molecule has 0 radical (unpaired) electrons. The predicted octanol–water partition coefficient (Wildman–Crippen LogP) is 4.69. The Morgan fingerprint density at radius 1 is 0.750 bits per heavy atom. The molecule has 0 amide bonds. The summed E-state index contributed by atoms with van der Waals surface area (Å²) in [6.45, 7) is 16.8. The van der Waals surface area contributed by atoms with Crippen LogP contribution in [0.3, 0.4) is 0 Å². The average Bonchev–Trinajstić information content (AvgIpc) is 2.51. The van der Waals surface area contributed by atoms with Crippen LogP contribution in [-0.2, 0) is 8.23 Å². The van der Waals surface area contributed by atoms with Crippen LogP contribution < -0.4 is 0 Å². The van der Waals surface area contributed by atoms with Gasteiger partial charge in [0.25, 0.3) is 0 Å². The first kappa shape index (κ1) is 20.3.